The van der Waals surface area contributed by atoms with Crippen molar-refractivity contribution < 1.29 is 13.7 Å². The lowest BCUT2D eigenvalue weighted by atomic mass is 10.00. The zero-order valence-electron chi connectivity index (χ0n) is 14.8. The number of nitrogens with zero attached hydrogens (tertiary/aromatic N) is 2. The van der Waals surface area contributed by atoms with Gasteiger partial charge in [0.2, 0.25) is 0 Å². The highest BCUT2D eigenvalue weighted by Crippen LogP contribution is 2.29. The number of rotatable bonds is 3. The van der Waals surface area contributed by atoms with Crippen molar-refractivity contribution in [2.24, 2.45) is 0 Å². The van der Waals surface area contributed by atoms with Crippen LogP contribution in [0.1, 0.15) is 21.6 Å². The number of pyridine rings is 1. The maximum atomic E-state index is 13.7. The maximum absolute atomic E-state index is 13.7. The fraction of sp³-hybridized carbons (Fsp3) is 0.0952. The summed E-state index contributed by atoms with van der Waals surface area (Å²) in [6.45, 7) is 3.91. The Kier molecular flexibility index (Phi) is 4.16. The quantitative estimate of drug-likeness (QED) is 0.564. The van der Waals surface area contributed by atoms with Gasteiger partial charge in [-0.1, -0.05) is 17.3 Å². The Morgan fingerprint density at radius 3 is 2.67 bits per heavy atom. The maximum Gasteiger partial charge on any atom is 0.259 e. The SMILES string of the molecule is Cc1cc2c(C)noc2cc1-c1ccc(NC(=O)c2ccccc2F)nc1. The molecular weight excluding hydrogens is 345 g/mol. The van der Waals surface area contributed by atoms with Crippen molar-refractivity contribution in [3.63, 3.8) is 0 Å². The van der Waals surface area contributed by atoms with Crippen molar-refractivity contribution >= 4 is 22.7 Å². The summed E-state index contributed by atoms with van der Waals surface area (Å²) in [5.74, 6) is -0.762. The minimum atomic E-state index is -0.571. The van der Waals surface area contributed by atoms with Crippen LogP contribution in [0.4, 0.5) is 10.2 Å². The molecule has 0 radical (unpaired) electrons. The van der Waals surface area contributed by atoms with Crippen LogP contribution in [0, 0.1) is 19.7 Å². The first-order valence-electron chi connectivity index (χ1n) is 8.42. The highest BCUT2D eigenvalue weighted by Gasteiger charge is 2.13. The van der Waals surface area contributed by atoms with Crippen molar-refractivity contribution in [1.29, 1.82) is 0 Å². The Balaban J connectivity index is 1.60. The van der Waals surface area contributed by atoms with E-state index in [1.807, 2.05) is 32.0 Å². The number of aryl methyl sites for hydroxylation is 2. The summed E-state index contributed by atoms with van der Waals surface area (Å²) in [4.78, 5) is 16.5. The van der Waals surface area contributed by atoms with E-state index in [1.165, 1.54) is 18.2 Å². The highest BCUT2D eigenvalue weighted by molar-refractivity contribution is 6.04. The zero-order valence-corrected chi connectivity index (χ0v) is 14.8. The molecule has 0 fully saturated rings. The molecule has 2 heterocycles. The van der Waals surface area contributed by atoms with Gasteiger partial charge in [0.15, 0.2) is 5.58 Å². The smallest absolute Gasteiger partial charge is 0.259 e. The summed E-state index contributed by atoms with van der Waals surface area (Å²) in [5, 5.41) is 7.58. The second kappa shape index (κ2) is 6.64. The molecule has 4 rings (SSSR count). The number of halogens is 1. The Hall–Kier alpha value is -3.54. The first kappa shape index (κ1) is 16.9. The Morgan fingerprint density at radius 2 is 1.93 bits per heavy atom. The third-order valence-electron chi connectivity index (χ3n) is 4.43. The van der Waals surface area contributed by atoms with Gasteiger partial charge in [-0.25, -0.2) is 9.37 Å². The lowest BCUT2D eigenvalue weighted by molar-refractivity contribution is 0.102. The van der Waals surface area contributed by atoms with Crippen LogP contribution in [-0.2, 0) is 0 Å². The van der Waals surface area contributed by atoms with Gasteiger partial charge >= 0.3 is 0 Å². The predicted molar refractivity (Wildman–Crippen MR) is 101 cm³/mol. The van der Waals surface area contributed by atoms with E-state index in [4.69, 9.17) is 4.52 Å². The van der Waals surface area contributed by atoms with E-state index in [0.29, 0.717) is 11.4 Å². The standard InChI is InChI=1S/C21H16FN3O2/c1-12-9-17-13(2)25-27-19(17)10-16(12)14-7-8-20(23-11-14)24-21(26)15-5-3-4-6-18(15)22/h3-11H,1-2H3,(H,23,24,26). The lowest BCUT2D eigenvalue weighted by Crippen LogP contribution is -2.14. The van der Waals surface area contributed by atoms with E-state index < -0.39 is 11.7 Å². The number of hydrogen-bond donors (Lipinski definition) is 1. The highest BCUT2D eigenvalue weighted by atomic mass is 19.1. The van der Waals surface area contributed by atoms with Crippen LogP contribution in [0.25, 0.3) is 22.1 Å². The summed E-state index contributed by atoms with van der Waals surface area (Å²) in [5.41, 5.74) is 4.46. The Labute approximate surface area is 154 Å². The second-order valence-electron chi connectivity index (χ2n) is 6.30. The molecule has 27 heavy (non-hydrogen) atoms. The first-order chi connectivity index (χ1) is 13.0. The van der Waals surface area contributed by atoms with Gasteiger partial charge in [-0.05, 0) is 61.4 Å². The van der Waals surface area contributed by atoms with Gasteiger partial charge in [0.1, 0.15) is 11.6 Å². The molecule has 1 amide bonds. The van der Waals surface area contributed by atoms with Gasteiger partial charge < -0.3 is 9.84 Å². The van der Waals surface area contributed by atoms with Gasteiger partial charge in [-0.15, -0.1) is 0 Å². The van der Waals surface area contributed by atoms with E-state index in [9.17, 15) is 9.18 Å². The molecule has 0 aliphatic rings. The second-order valence-corrected chi connectivity index (χ2v) is 6.30. The number of hydrogen-bond acceptors (Lipinski definition) is 4. The summed E-state index contributed by atoms with van der Waals surface area (Å²) >= 11 is 0. The van der Waals surface area contributed by atoms with Crippen molar-refractivity contribution in [3.8, 4) is 11.1 Å². The average Bonchev–Trinajstić information content (AvgIpc) is 3.02. The van der Waals surface area contributed by atoms with E-state index in [-0.39, 0.29) is 5.56 Å². The summed E-state index contributed by atoms with van der Waals surface area (Å²) in [6.07, 6.45) is 1.66. The largest absolute Gasteiger partial charge is 0.356 e. The lowest BCUT2D eigenvalue weighted by Gasteiger charge is -2.08. The number of aromatic nitrogens is 2. The van der Waals surface area contributed by atoms with Crippen LogP contribution >= 0.6 is 0 Å². The van der Waals surface area contributed by atoms with Gasteiger partial charge in [0.25, 0.3) is 5.91 Å². The number of benzene rings is 2. The Bertz CT molecular complexity index is 1150. The van der Waals surface area contributed by atoms with Gasteiger partial charge in [-0.3, -0.25) is 4.79 Å². The number of carbonyl (C=O) groups excluding carboxylic acids is 1. The van der Waals surface area contributed by atoms with E-state index in [1.54, 1.807) is 18.3 Å². The molecule has 4 aromatic rings. The van der Waals surface area contributed by atoms with Crippen LogP contribution < -0.4 is 5.32 Å². The van der Waals surface area contributed by atoms with Crippen molar-refractivity contribution in [3.05, 3.63) is 77.4 Å². The molecule has 0 atom stereocenters. The number of amides is 1. The fourth-order valence-electron chi connectivity index (χ4n) is 2.98. The van der Waals surface area contributed by atoms with Crippen molar-refractivity contribution in [2.45, 2.75) is 13.8 Å². The molecule has 0 aliphatic heterocycles. The monoisotopic (exact) mass is 361 g/mol. The molecule has 2 aromatic heterocycles. The summed E-state index contributed by atoms with van der Waals surface area (Å²) in [7, 11) is 0. The molecule has 5 nitrogen and oxygen atoms in total. The van der Waals surface area contributed by atoms with Crippen LogP contribution in [0.3, 0.4) is 0 Å². The predicted octanol–water partition coefficient (Wildman–Crippen LogP) is 4.90. The van der Waals surface area contributed by atoms with Gasteiger partial charge in [0, 0.05) is 17.1 Å². The molecule has 0 unspecified atom stereocenters. The molecule has 1 N–H and O–H groups in total. The topological polar surface area (TPSA) is 68.0 Å². The first-order valence-corrected chi connectivity index (χ1v) is 8.42. The van der Waals surface area contributed by atoms with Crippen LogP contribution in [0.5, 0.6) is 0 Å². The van der Waals surface area contributed by atoms with E-state index >= 15 is 0 Å². The third kappa shape index (κ3) is 3.17. The summed E-state index contributed by atoms with van der Waals surface area (Å²) < 4.78 is 19.0. The number of anilines is 1. The molecule has 134 valence electrons. The van der Waals surface area contributed by atoms with Gasteiger partial charge in [0.05, 0.1) is 11.3 Å². The van der Waals surface area contributed by atoms with Crippen LogP contribution in [-0.4, -0.2) is 16.0 Å². The molecular formula is C21H16FN3O2. The molecule has 6 heteroatoms. The molecule has 0 aliphatic carbocycles. The minimum absolute atomic E-state index is 0.0228. The number of fused-ring (bicyclic) bond motifs is 1. The summed E-state index contributed by atoms with van der Waals surface area (Å²) in [6, 6.07) is 13.3. The molecule has 2 aromatic carbocycles. The minimum Gasteiger partial charge on any atom is -0.356 e. The molecule has 0 bridgehead atoms. The molecule has 0 spiro atoms. The van der Waals surface area contributed by atoms with Crippen molar-refractivity contribution in [1.82, 2.24) is 10.1 Å². The molecule has 0 saturated carbocycles. The molecule has 0 saturated heterocycles. The van der Waals surface area contributed by atoms with Crippen LogP contribution in [0.15, 0.2) is 59.3 Å². The zero-order chi connectivity index (χ0) is 19.0. The van der Waals surface area contributed by atoms with E-state index in [0.717, 1.165) is 27.8 Å². The Morgan fingerprint density at radius 1 is 1.11 bits per heavy atom. The fourth-order valence-corrected chi connectivity index (χ4v) is 2.98. The number of carbonyl (C=O) groups is 1. The van der Waals surface area contributed by atoms with Gasteiger partial charge in [-0.2, -0.15) is 0 Å². The van der Waals surface area contributed by atoms with Crippen LogP contribution in [0.2, 0.25) is 0 Å². The van der Waals surface area contributed by atoms with Crippen molar-refractivity contribution in [2.75, 3.05) is 5.32 Å². The normalized spacial score (nSPS) is 10.9. The number of nitrogens with one attached hydrogen (secondary N) is 1. The average molecular weight is 361 g/mol. The third-order valence-corrected chi connectivity index (χ3v) is 4.43. The van der Waals surface area contributed by atoms with E-state index in [2.05, 4.69) is 15.5 Å².